The SMILES string of the molecule is CNc1ccc(C=CC(=O)c2ccc(C)o2)cc1[N+](=O)[O-]. The van der Waals surface area contributed by atoms with Crippen molar-refractivity contribution in [2.75, 3.05) is 12.4 Å². The van der Waals surface area contributed by atoms with Crippen molar-refractivity contribution >= 4 is 23.2 Å². The summed E-state index contributed by atoms with van der Waals surface area (Å²) in [4.78, 5) is 22.3. The summed E-state index contributed by atoms with van der Waals surface area (Å²) in [5.41, 5.74) is 0.948. The molecule has 0 aliphatic heterocycles. The molecule has 0 fully saturated rings. The van der Waals surface area contributed by atoms with Crippen molar-refractivity contribution in [1.29, 1.82) is 0 Å². The zero-order valence-corrected chi connectivity index (χ0v) is 11.6. The molecule has 6 heteroatoms. The van der Waals surface area contributed by atoms with Gasteiger partial charge >= 0.3 is 0 Å². The molecule has 0 atom stereocenters. The van der Waals surface area contributed by atoms with Gasteiger partial charge in [-0.05, 0) is 36.8 Å². The van der Waals surface area contributed by atoms with Crippen LogP contribution in [0, 0.1) is 17.0 Å². The van der Waals surface area contributed by atoms with E-state index in [1.807, 2.05) is 0 Å². The third-order valence-electron chi connectivity index (χ3n) is 2.90. The van der Waals surface area contributed by atoms with Crippen LogP contribution in [0.3, 0.4) is 0 Å². The number of nitrogens with zero attached hydrogens (tertiary/aromatic N) is 1. The van der Waals surface area contributed by atoms with Gasteiger partial charge in [0.05, 0.1) is 4.92 Å². The molecule has 0 radical (unpaired) electrons. The smallest absolute Gasteiger partial charge is 0.292 e. The second kappa shape index (κ2) is 6.04. The highest BCUT2D eigenvalue weighted by Crippen LogP contribution is 2.25. The summed E-state index contributed by atoms with van der Waals surface area (Å²) in [5, 5.41) is 13.7. The molecule has 0 saturated carbocycles. The van der Waals surface area contributed by atoms with Crippen molar-refractivity contribution in [3.8, 4) is 0 Å². The van der Waals surface area contributed by atoms with Gasteiger partial charge in [0.2, 0.25) is 5.78 Å². The molecule has 2 rings (SSSR count). The molecule has 0 aliphatic carbocycles. The summed E-state index contributed by atoms with van der Waals surface area (Å²) in [6, 6.07) is 7.99. The van der Waals surface area contributed by atoms with Crippen LogP contribution in [-0.2, 0) is 0 Å². The zero-order valence-electron chi connectivity index (χ0n) is 11.6. The third-order valence-corrected chi connectivity index (χ3v) is 2.90. The summed E-state index contributed by atoms with van der Waals surface area (Å²) in [7, 11) is 1.61. The van der Waals surface area contributed by atoms with Gasteiger partial charge in [-0.2, -0.15) is 0 Å². The number of allylic oxidation sites excluding steroid dienone is 1. The number of nitro benzene ring substituents is 1. The molecule has 2 aromatic rings. The average Bonchev–Trinajstić information content (AvgIpc) is 2.91. The van der Waals surface area contributed by atoms with Crippen LogP contribution in [0.25, 0.3) is 6.08 Å². The molecule has 1 heterocycles. The number of hydrogen-bond acceptors (Lipinski definition) is 5. The van der Waals surface area contributed by atoms with Crippen LogP contribution < -0.4 is 5.32 Å². The minimum absolute atomic E-state index is 0.0408. The first-order chi connectivity index (χ1) is 10.0. The maximum Gasteiger partial charge on any atom is 0.292 e. The topological polar surface area (TPSA) is 85.4 Å². The minimum atomic E-state index is -0.471. The van der Waals surface area contributed by atoms with Crippen LogP contribution in [0.5, 0.6) is 0 Å². The van der Waals surface area contributed by atoms with E-state index < -0.39 is 4.92 Å². The number of carbonyl (C=O) groups is 1. The van der Waals surface area contributed by atoms with E-state index in [4.69, 9.17) is 4.42 Å². The summed E-state index contributed by atoms with van der Waals surface area (Å²) < 4.78 is 5.21. The second-order valence-corrected chi connectivity index (χ2v) is 4.39. The number of furan rings is 1. The number of benzene rings is 1. The summed E-state index contributed by atoms with van der Waals surface area (Å²) in [6.07, 6.45) is 2.85. The second-order valence-electron chi connectivity index (χ2n) is 4.39. The van der Waals surface area contributed by atoms with Crippen LogP contribution in [0.4, 0.5) is 11.4 Å². The highest BCUT2D eigenvalue weighted by molar-refractivity contribution is 6.04. The fraction of sp³-hybridized carbons (Fsp3) is 0.133. The van der Waals surface area contributed by atoms with E-state index in [9.17, 15) is 14.9 Å². The molecule has 0 amide bonds. The first kappa shape index (κ1) is 14.5. The first-order valence-electron chi connectivity index (χ1n) is 6.26. The molecule has 0 bridgehead atoms. The predicted octanol–water partition coefficient (Wildman–Crippen LogP) is 3.43. The van der Waals surface area contributed by atoms with E-state index in [0.29, 0.717) is 17.0 Å². The molecule has 0 spiro atoms. The van der Waals surface area contributed by atoms with Crippen LogP contribution >= 0.6 is 0 Å². The monoisotopic (exact) mass is 286 g/mol. The number of anilines is 1. The van der Waals surface area contributed by atoms with Gasteiger partial charge in [0.1, 0.15) is 11.4 Å². The summed E-state index contributed by atoms with van der Waals surface area (Å²) >= 11 is 0. The van der Waals surface area contributed by atoms with Crippen LogP contribution in [0.15, 0.2) is 40.8 Å². The van der Waals surface area contributed by atoms with Crippen molar-refractivity contribution < 1.29 is 14.1 Å². The van der Waals surface area contributed by atoms with Crippen LogP contribution in [-0.4, -0.2) is 17.8 Å². The van der Waals surface area contributed by atoms with Crippen LogP contribution in [0.1, 0.15) is 21.9 Å². The fourth-order valence-electron chi connectivity index (χ4n) is 1.84. The Morgan fingerprint density at radius 2 is 2.10 bits per heavy atom. The van der Waals surface area contributed by atoms with E-state index in [-0.39, 0.29) is 17.2 Å². The van der Waals surface area contributed by atoms with Crippen LogP contribution in [0.2, 0.25) is 0 Å². The van der Waals surface area contributed by atoms with Crippen molar-refractivity contribution in [3.63, 3.8) is 0 Å². The van der Waals surface area contributed by atoms with Gasteiger partial charge in [0.15, 0.2) is 5.76 Å². The molecule has 108 valence electrons. The lowest BCUT2D eigenvalue weighted by Crippen LogP contribution is -1.97. The van der Waals surface area contributed by atoms with E-state index in [2.05, 4.69) is 5.32 Å². The van der Waals surface area contributed by atoms with Gasteiger partial charge < -0.3 is 9.73 Å². The number of hydrogen-bond donors (Lipinski definition) is 1. The first-order valence-corrected chi connectivity index (χ1v) is 6.26. The number of rotatable bonds is 5. The number of carbonyl (C=O) groups excluding carboxylic acids is 1. The Morgan fingerprint density at radius 1 is 1.33 bits per heavy atom. The summed E-state index contributed by atoms with van der Waals surface area (Å²) in [5.74, 6) is 0.606. The van der Waals surface area contributed by atoms with Crippen molar-refractivity contribution in [2.45, 2.75) is 6.92 Å². The molecule has 6 nitrogen and oxygen atoms in total. The standard InChI is InChI=1S/C15H14N2O4/c1-10-3-8-15(21-10)14(18)7-5-11-4-6-12(16-2)13(9-11)17(19)20/h3-9,16H,1-2H3. The maximum atomic E-state index is 11.8. The Labute approximate surface area is 121 Å². The Morgan fingerprint density at radius 3 is 2.67 bits per heavy atom. The van der Waals surface area contributed by atoms with E-state index in [0.717, 1.165) is 0 Å². The lowest BCUT2D eigenvalue weighted by Gasteiger charge is -2.02. The van der Waals surface area contributed by atoms with E-state index in [1.165, 1.54) is 18.2 Å². The minimum Gasteiger partial charge on any atom is -0.458 e. The van der Waals surface area contributed by atoms with Gasteiger partial charge in [0, 0.05) is 13.1 Å². The predicted molar refractivity (Wildman–Crippen MR) is 79.5 cm³/mol. The normalized spacial score (nSPS) is 10.8. The number of aryl methyl sites for hydroxylation is 1. The number of nitro groups is 1. The van der Waals surface area contributed by atoms with E-state index in [1.54, 1.807) is 38.2 Å². The Kier molecular flexibility index (Phi) is 4.18. The third kappa shape index (κ3) is 3.36. The van der Waals surface area contributed by atoms with Crippen molar-refractivity contribution in [2.24, 2.45) is 0 Å². The van der Waals surface area contributed by atoms with Gasteiger partial charge in [0.25, 0.3) is 5.69 Å². The highest BCUT2D eigenvalue weighted by atomic mass is 16.6. The van der Waals surface area contributed by atoms with Crippen molar-refractivity contribution in [3.05, 3.63) is 63.6 Å². The Hall–Kier alpha value is -2.89. The lowest BCUT2D eigenvalue weighted by atomic mass is 10.1. The zero-order chi connectivity index (χ0) is 15.4. The molecule has 0 aliphatic rings. The number of ketones is 1. The van der Waals surface area contributed by atoms with Crippen molar-refractivity contribution in [1.82, 2.24) is 0 Å². The molecule has 1 aromatic carbocycles. The lowest BCUT2D eigenvalue weighted by molar-refractivity contribution is -0.383. The summed E-state index contributed by atoms with van der Waals surface area (Å²) in [6.45, 7) is 1.75. The molecular formula is C15H14N2O4. The molecule has 0 saturated heterocycles. The largest absolute Gasteiger partial charge is 0.458 e. The molecule has 1 aromatic heterocycles. The van der Waals surface area contributed by atoms with Gasteiger partial charge in [-0.15, -0.1) is 0 Å². The number of nitrogens with one attached hydrogen (secondary N) is 1. The Bertz CT molecular complexity index is 716. The van der Waals surface area contributed by atoms with Gasteiger partial charge in [-0.3, -0.25) is 14.9 Å². The maximum absolute atomic E-state index is 11.8. The molecule has 1 N–H and O–H groups in total. The quantitative estimate of drug-likeness (QED) is 0.394. The molecule has 21 heavy (non-hydrogen) atoms. The molecule has 0 unspecified atom stereocenters. The highest BCUT2D eigenvalue weighted by Gasteiger charge is 2.13. The van der Waals surface area contributed by atoms with E-state index >= 15 is 0 Å². The average molecular weight is 286 g/mol. The van der Waals surface area contributed by atoms with Gasteiger partial charge in [-0.25, -0.2) is 0 Å². The fourth-order valence-corrected chi connectivity index (χ4v) is 1.84. The van der Waals surface area contributed by atoms with Gasteiger partial charge in [-0.1, -0.05) is 12.1 Å². The molecular weight excluding hydrogens is 272 g/mol. The Balaban J connectivity index is 2.23.